The van der Waals surface area contributed by atoms with Crippen LogP contribution in [0.3, 0.4) is 0 Å². The summed E-state index contributed by atoms with van der Waals surface area (Å²) in [6.07, 6.45) is 6.39. The molecule has 1 aromatic rings. The molecular weight excluding hydrogens is 250 g/mol. The Kier molecular flexibility index (Phi) is 5.53. The summed E-state index contributed by atoms with van der Waals surface area (Å²) in [6, 6.07) is 4.13. The molecule has 1 aliphatic rings. The van der Waals surface area contributed by atoms with Crippen molar-refractivity contribution in [3.8, 4) is 0 Å². The highest BCUT2D eigenvalue weighted by Crippen LogP contribution is 2.12. The van der Waals surface area contributed by atoms with Gasteiger partial charge < -0.3 is 10.2 Å². The smallest absolute Gasteiger partial charge is 0.254 e. The Hall–Kier alpha value is -1.42. The molecule has 0 radical (unpaired) electrons. The van der Waals surface area contributed by atoms with Gasteiger partial charge in [0.2, 0.25) is 0 Å². The lowest BCUT2D eigenvalue weighted by Gasteiger charge is -2.30. The third-order valence-electron chi connectivity index (χ3n) is 3.78. The van der Waals surface area contributed by atoms with Crippen LogP contribution in [0.25, 0.3) is 0 Å². The first-order chi connectivity index (χ1) is 9.70. The molecule has 1 aromatic heterocycles. The van der Waals surface area contributed by atoms with Crippen LogP contribution < -0.4 is 5.32 Å². The molecule has 4 heteroatoms. The molecule has 0 bridgehead atoms. The number of amides is 1. The lowest BCUT2D eigenvalue weighted by atomic mass is 10.0. The molecule has 1 amide bonds. The zero-order valence-electron chi connectivity index (χ0n) is 12.6. The molecule has 0 spiro atoms. The predicted octanol–water partition coefficient (Wildman–Crippen LogP) is 2.38. The summed E-state index contributed by atoms with van der Waals surface area (Å²) < 4.78 is 0. The predicted molar refractivity (Wildman–Crippen MR) is 80.8 cm³/mol. The molecule has 0 aromatic carbocycles. The van der Waals surface area contributed by atoms with E-state index in [2.05, 4.69) is 17.2 Å². The Bertz CT molecular complexity index is 441. The standard InChI is InChI=1S/C16H25N3O/c1-3-10-19(12-15-6-4-5-8-18-15)16(20)14-7-9-17-13(2)11-14/h7,9,11,15,18H,3-6,8,10,12H2,1-2H3. The minimum absolute atomic E-state index is 0.129. The molecule has 1 N–H and O–H groups in total. The summed E-state index contributed by atoms with van der Waals surface area (Å²) in [4.78, 5) is 18.8. The number of nitrogens with one attached hydrogen (secondary N) is 1. The van der Waals surface area contributed by atoms with Gasteiger partial charge in [-0.1, -0.05) is 13.3 Å². The molecule has 1 unspecified atom stereocenters. The number of aromatic nitrogens is 1. The topological polar surface area (TPSA) is 45.2 Å². The fourth-order valence-corrected chi connectivity index (χ4v) is 2.75. The van der Waals surface area contributed by atoms with E-state index in [1.54, 1.807) is 6.20 Å². The van der Waals surface area contributed by atoms with Crippen LogP contribution in [0.1, 0.15) is 48.7 Å². The molecule has 0 saturated carbocycles. The minimum Gasteiger partial charge on any atom is -0.337 e. The maximum absolute atomic E-state index is 12.6. The molecule has 20 heavy (non-hydrogen) atoms. The SMILES string of the molecule is CCCN(CC1CCCCN1)C(=O)c1ccnc(C)c1. The van der Waals surface area contributed by atoms with Crippen molar-refractivity contribution < 1.29 is 4.79 Å². The molecule has 1 aliphatic heterocycles. The van der Waals surface area contributed by atoms with Crippen LogP contribution in [0.5, 0.6) is 0 Å². The fourth-order valence-electron chi connectivity index (χ4n) is 2.75. The number of nitrogens with zero attached hydrogens (tertiary/aromatic N) is 2. The summed E-state index contributed by atoms with van der Waals surface area (Å²) in [5.41, 5.74) is 1.64. The largest absolute Gasteiger partial charge is 0.337 e. The molecule has 0 aliphatic carbocycles. The van der Waals surface area contributed by atoms with Gasteiger partial charge >= 0.3 is 0 Å². The van der Waals surface area contributed by atoms with Gasteiger partial charge in [-0.15, -0.1) is 0 Å². The number of carbonyl (C=O) groups is 1. The van der Waals surface area contributed by atoms with E-state index >= 15 is 0 Å². The molecule has 4 nitrogen and oxygen atoms in total. The van der Waals surface area contributed by atoms with Crippen LogP contribution in [0, 0.1) is 6.92 Å². The second kappa shape index (κ2) is 7.39. The Balaban J connectivity index is 2.04. The summed E-state index contributed by atoms with van der Waals surface area (Å²) in [7, 11) is 0. The van der Waals surface area contributed by atoms with Gasteiger partial charge in [-0.25, -0.2) is 0 Å². The van der Waals surface area contributed by atoms with Gasteiger partial charge in [0, 0.05) is 36.6 Å². The Morgan fingerprint density at radius 1 is 1.50 bits per heavy atom. The van der Waals surface area contributed by atoms with E-state index in [1.807, 2.05) is 24.0 Å². The molecule has 110 valence electrons. The summed E-state index contributed by atoms with van der Waals surface area (Å²) >= 11 is 0. The first-order valence-electron chi connectivity index (χ1n) is 7.66. The molecule has 1 atom stereocenters. The average molecular weight is 275 g/mol. The summed E-state index contributed by atoms with van der Waals surface area (Å²) in [6.45, 7) is 6.75. The third kappa shape index (κ3) is 4.04. The minimum atomic E-state index is 0.129. The van der Waals surface area contributed by atoms with Crippen molar-refractivity contribution in [1.82, 2.24) is 15.2 Å². The number of carbonyl (C=O) groups excluding carboxylic acids is 1. The zero-order chi connectivity index (χ0) is 14.4. The second-order valence-electron chi connectivity index (χ2n) is 5.58. The van der Waals surface area contributed by atoms with Crippen LogP contribution in [-0.2, 0) is 0 Å². The first-order valence-corrected chi connectivity index (χ1v) is 7.66. The quantitative estimate of drug-likeness (QED) is 0.897. The summed E-state index contributed by atoms with van der Waals surface area (Å²) in [5.74, 6) is 0.129. The van der Waals surface area contributed by atoms with Gasteiger partial charge in [0.25, 0.3) is 5.91 Å². The molecule has 2 heterocycles. The highest BCUT2D eigenvalue weighted by atomic mass is 16.2. The number of hydrogen-bond acceptors (Lipinski definition) is 3. The lowest BCUT2D eigenvalue weighted by molar-refractivity contribution is 0.0731. The van der Waals surface area contributed by atoms with Gasteiger partial charge in [0.05, 0.1) is 0 Å². The van der Waals surface area contributed by atoms with Gasteiger partial charge in [-0.05, 0) is 44.9 Å². The highest BCUT2D eigenvalue weighted by Gasteiger charge is 2.21. The first kappa shape index (κ1) is 15.0. The lowest BCUT2D eigenvalue weighted by Crippen LogP contribution is -2.46. The van der Waals surface area contributed by atoms with Gasteiger partial charge in [0.1, 0.15) is 0 Å². The number of piperidine rings is 1. The van der Waals surface area contributed by atoms with E-state index in [4.69, 9.17) is 0 Å². The molecular formula is C16H25N3O. The third-order valence-corrected chi connectivity index (χ3v) is 3.78. The van der Waals surface area contributed by atoms with Crippen LogP contribution in [0.4, 0.5) is 0 Å². The average Bonchev–Trinajstić information content (AvgIpc) is 2.47. The van der Waals surface area contributed by atoms with Gasteiger partial charge in [-0.3, -0.25) is 9.78 Å². The van der Waals surface area contributed by atoms with Crippen molar-refractivity contribution >= 4 is 5.91 Å². The summed E-state index contributed by atoms with van der Waals surface area (Å²) in [5, 5.41) is 3.52. The Morgan fingerprint density at radius 2 is 2.35 bits per heavy atom. The van der Waals surface area contributed by atoms with Crippen molar-refractivity contribution in [1.29, 1.82) is 0 Å². The highest BCUT2D eigenvalue weighted by molar-refractivity contribution is 5.94. The van der Waals surface area contributed by atoms with E-state index < -0.39 is 0 Å². The molecule has 1 fully saturated rings. The number of aryl methyl sites for hydroxylation is 1. The van der Waals surface area contributed by atoms with Crippen molar-refractivity contribution in [2.24, 2.45) is 0 Å². The number of pyridine rings is 1. The maximum Gasteiger partial charge on any atom is 0.254 e. The molecule has 2 rings (SSSR count). The van der Waals surface area contributed by atoms with E-state index in [0.29, 0.717) is 6.04 Å². The van der Waals surface area contributed by atoms with Crippen LogP contribution >= 0.6 is 0 Å². The van der Waals surface area contributed by atoms with Crippen molar-refractivity contribution in [2.75, 3.05) is 19.6 Å². The van der Waals surface area contributed by atoms with Crippen LogP contribution in [-0.4, -0.2) is 41.5 Å². The van der Waals surface area contributed by atoms with E-state index in [0.717, 1.165) is 37.3 Å². The van der Waals surface area contributed by atoms with Crippen LogP contribution in [0.15, 0.2) is 18.3 Å². The van der Waals surface area contributed by atoms with Gasteiger partial charge in [-0.2, -0.15) is 0 Å². The Morgan fingerprint density at radius 3 is 3.00 bits per heavy atom. The normalized spacial score (nSPS) is 18.8. The maximum atomic E-state index is 12.6. The van der Waals surface area contributed by atoms with E-state index in [1.165, 1.54) is 19.3 Å². The second-order valence-corrected chi connectivity index (χ2v) is 5.58. The van der Waals surface area contributed by atoms with Crippen molar-refractivity contribution in [2.45, 2.75) is 45.6 Å². The van der Waals surface area contributed by atoms with Crippen molar-refractivity contribution in [3.63, 3.8) is 0 Å². The number of rotatable bonds is 5. The Labute approximate surface area is 121 Å². The number of hydrogen-bond donors (Lipinski definition) is 1. The zero-order valence-corrected chi connectivity index (χ0v) is 12.6. The van der Waals surface area contributed by atoms with Crippen LogP contribution in [0.2, 0.25) is 0 Å². The van der Waals surface area contributed by atoms with Crippen molar-refractivity contribution in [3.05, 3.63) is 29.6 Å². The monoisotopic (exact) mass is 275 g/mol. The van der Waals surface area contributed by atoms with Gasteiger partial charge in [0.15, 0.2) is 0 Å². The fraction of sp³-hybridized carbons (Fsp3) is 0.625. The molecule has 1 saturated heterocycles. The van der Waals surface area contributed by atoms with E-state index in [9.17, 15) is 4.79 Å². The van der Waals surface area contributed by atoms with E-state index in [-0.39, 0.29) is 5.91 Å².